The molecule has 3 aromatic carbocycles. The van der Waals surface area contributed by atoms with Crippen LogP contribution in [-0.4, -0.2) is 24.5 Å². The number of esters is 1. The van der Waals surface area contributed by atoms with Crippen molar-refractivity contribution in [2.24, 2.45) is 5.16 Å². The summed E-state index contributed by atoms with van der Waals surface area (Å²) < 4.78 is 48.8. The molecule has 172 valence electrons. The number of rotatable bonds is 8. The van der Waals surface area contributed by atoms with Crippen molar-refractivity contribution in [3.8, 4) is 16.9 Å². The molecule has 0 spiro atoms. The molecular weight excluding hydrogens is 435 g/mol. The second-order valence-corrected chi connectivity index (χ2v) is 7.28. The van der Waals surface area contributed by atoms with Crippen molar-refractivity contribution in [3.63, 3.8) is 0 Å². The number of carbonyl (C=O) groups is 1. The molecule has 0 aromatic heterocycles. The van der Waals surface area contributed by atoms with Crippen LogP contribution in [-0.2, 0) is 22.3 Å². The maximum absolute atomic E-state index is 12.8. The molecule has 1 atom stereocenters. The maximum atomic E-state index is 12.8. The molecular formula is C25H22F3NO4. The summed E-state index contributed by atoms with van der Waals surface area (Å²) >= 11 is 0. The minimum atomic E-state index is -4.37. The predicted molar refractivity (Wildman–Crippen MR) is 117 cm³/mol. The Morgan fingerprint density at radius 3 is 2.33 bits per heavy atom. The summed E-state index contributed by atoms with van der Waals surface area (Å²) in [5, 5.41) is 11.9. The van der Waals surface area contributed by atoms with Gasteiger partial charge < -0.3 is 14.7 Å². The van der Waals surface area contributed by atoms with E-state index in [4.69, 9.17) is 9.94 Å². The quantitative estimate of drug-likeness (QED) is 0.193. The first-order chi connectivity index (χ1) is 15.8. The topological polar surface area (TPSA) is 68.1 Å². The van der Waals surface area contributed by atoms with Crippen molar-refractivity contribution in [1.82, 2.24) is 0 Å². The van der Waals surface area contributed by atoms with E-state index in [0.717, 1.165) is 28.8 Å². The van der Waals surface area contributed by atoms with Crippen LogP contribution in [0.25, 0.3) is 11.1 Å². The molecule has 0 heterocycles. The van der Waals surface area contributed by atoms with E-state index in [1.165, 1.54) is 25.5 Å². The van der Waals surface area contributed by atoms with Gasteiger partial charge in [0.15, 0.2) is 0 Å². The first kappa shape index (κ1) is 23.8. The molecule has 0 amide bonds. The lowest BCUT2D eigenvalue weighted by atomic mass is 9.97. The third kappa shape index (κ3) is 6.58. The van der Waals surface area contributed by atoms with Crippen molar-refractivity contribution in [2.75, 3.05) is 7.11 Å². The third-order valence-electron chi connectivity index (χ3n) is 5.05. The molecule has 0 aliphatic carbocycles. The fraction of sp³-hybridized carbons (Fsp3) is 0.200. The van der Waals surface area contributed by atoms with Gasteiger partial charge in [-0.15, -0.1) is 5.16 Å². The lowest BCUT2D eigenvalue weighted by Gasteiger charge is -2.12. The zero-order chi connectivity index (χ0) is 23.8. The molecule has 0 radical (unpaired) electrons. The first-order valence-corrected chi connectivity index (χ1v) is 10.0. The fourth-order valence-electron chi connectivity index (χ4n) is 3.27. The highest BCUT2D eigenvalue weighted by Crippen LogP contribution is 2.31. The van der Waals surface area contributed by atoms with E-state index in [1.807, 2.05) is 24.3 Å². The second-order valence-electron chi connectivity index (χ2n) is 7.28. The van der Waals surface area contributed by atoms with E-state index >= 15 is 0 Å². The lowest BCUT2D eigenvalue weighted by Crippen LogP contribution is -2.10. The summed E-state index contributed by atoms with van der Waals surface area (Å²) in [6, 6.07) is 19.4. The SMILES string of the molecule is COC(=O)C[C@H](/C=N/O)c1ccc(OCc2cccc(-c3ccc(C(F)(F)F)cc3)c2)cc1. The number of nitrogens with zero attached hydrogens (tertiary/aromatic N) is 1. The van der Waals surface area contributed by atoms with Crippen molar-refractivity contribution < 1.29 is 32.6 Å². The number of alkyl halides is 3. The molecule has 0 aliphatic heterocycles. The highest BCUT2D eigenvalue weighted by atomic mass is 19.4. The summed E-state index contributed by atoms with van der Waals surface area (Å²) in [5.41, 5.74) is 2.39. The Morgan fingerprint density at radius 1 is 1.03 bits per heavy atom. The van der Waals surface area contributed by atoms with Gasteiger partial charge in [-0.3, -0.25) is 4.79 Å². The van der Waals surface area contributed by atoms with Gasteiger partial charge in [-0.1, -0.05) is 42.5 Å². The molecule has 0 saturated heterocycles. The standard InChI is InChI=1S/C25H22F3NO4/c1-32-24(30)14-21(15-29-31)19-7-11-23(12-8-19)33-16-17-3-2-4-20(13-17)18-5-9-22(10-6-18)25(26,27)28/h2-13,15,21,31H,14,16H2,1H3/b29-15+/t21-/m1/s1. The average molecular weight is 457 g/mol. The Bertz CT molecular complexity index is 1090. The molecule has 0 bridgehead atoms. The van der Waals surface area contributed by atoms with E-state index in [-0.39, 0.29) is 13.0 Å². The smallest absolute Gasteiger partial charge is 0.416 e. The Kier molecular flexibility index (Phi) is 7.71. The molecule has 0 fully saturated rings. The van der Waals surface area contributed by atoms with Crippen LogP contribution in [0.4, 0.5) is 13.2 Å². The first-order valence-electron chi connectivity index (χ1n) is 10.0. The minimum Gasteiger partial charge on any atom is -0.489 e. The molecule has 3 aromatic rings. The van der Waals surface area contributed by atoms with Crippen LogP contribution in [0, 0.1) is 0 Å². The Labute approximate surface area is 189 Å². The summed E-state index contributed by atoms with van der Waals surface area (Å²) in [7, 11) is 1.29. The Hall–Kier alpha value is -3.81. The van der Waals surface area contributed by atoms with E-state index < -0.39 is 23.6 Å². The number of oxime groups is 1. The van der Waals surface area contributed by atoms with Gasteiger partial charge in [-0.25, -0.2) is 0 Å². The minimum absolute atomic E-state index is 0.0392. The molecule has 8 heteroatoms. The molecule has 3 rings (SSSR count). The Morgan fingerprint density at radius 2 is 1.73 bits per heavy atom. The van der Waals surface area contributed by atoms with Gasteiger partial charge in [0.1, 0.15) is 12.4 Å². The largest absolute Gasteiger partial charge is 0.489 e. The third-order valence-corrected chi connectivity index (χ3v) is 5.05. The summed E-state index contributed by atoms with van der Waals surface area (Å²) in [6.45, 7) is 0.261. The monoisotopic (exact) mass is 457 g/mol. The van der Waals surface area contributed by atoms with Gasteiger partial charge in [-0.05, 0) is 52.6 Å². The molecule has 0 unspecified atom stereocenters. The molecule has 0 aliphatic rings. The van der Waals surface area contributed by atoms with Crippen molar-refractivity contribution in [2.45, 2.75) is 25.1 Å². The van der Waals surface area contributed by atoms with Crippen molar-refractivity contribution >= 4 is 12.2 Å². The predicted octanol–water partition coefficient (Wildman–Crippen LogP) is 6.06. The number of methoxy groups -OCH3 is 1. The zero-order valence-electron chi connectivity index (χ0n) is 17.8. The molecule has 5 nitrogen and oxygen atoms in total. The lowest BCUT2D eigenvalue weighted by molar-refractivity contribution is -0.140. The van der Waals surface area contributed by atoms with Gasteiger partial charge in [0.2, 0.25) is 0 Å². The highest BCUT2D eigenvalue weighted by molar-refractivity contribution is 5.78. The van der Waals surface area contributed by atoms with Crippen LogP contribution in [0.2, 0.25) is 0 Å². The number of ether oxygens (including phenoxy) is 2. The summed E-state index contributed by atoms with van der Waals surface area (Å²) in [5.74, 6) is -0.262. The summed E-state index contributed by atoms with van der Waals surface area (Å²) in [6.07, 6.45) is -3.06. The Balaban J connectivity index is 1.66. The molecule has 1 N–H and O–H groups in total. The summed E-state index contributed by atoms with van der Waals surface area (Å²) in [4.78, 5) is 11.5. The van der Waals surface area contributed by atoms with Crippen LogP contribution in [0.3, 0.4) is 0 Å². The van der Waals surface area contributed by atoms with Gasteiger partial charge in [0.25, 0.3) is 0 Å². The maximum Gasteiger partial charge on any atom is 0.416 e. The normalized spacial score (nSPS) is 12.5. The average Bonchev–Trinajstić information content (AvgIpc) is 2.82. The van der Waals surface area contributed by atoms with Crippen molar-refractivity contribution in [3.05, 3.63) is 89.5 Å². The van der Waals surface area contributed by atoms with Gasteiger partial charge >= 0.3 is 12.1 Å². The number of benzene rings is 3. The molecule has 33 heavy (non-hydrogen) atoms. The van der Waals surface area contributed by atoms with Crippen molar-refractivity contribution in [1.29, 1.82) is 0 Å². The van der Waals surface area contributed by atoms with E-state index in [2.05, 4.69) is 9.89 Å². The van der Waals surface area contributed by atoms with Gasteiger partial charge in [0, 0.05) is 5.92 Å². The van der Waals surface area contributed by atoms with Gasteiger partial charge in [-0.2, -0.15) is 13.2 Å². The number of hydrogen-bond donors (Lipinski definition) is 1. The van der Waals surface area contributed by atoms with Crippen LogP contribution in [0.5, 0.6) is 5.75 Å². The number of hydrogen-bond acceptors (Lipinski definition) is 5. The van der Waals surface area contributed by atoms with Crippen LogP contribution in [0.15, 0.2) is 78.0 Å². The van der Waals surface area contributed by atoms with Gasteiger partial charge in [0.05, 0.1) is 25.3 Å². The highest BCUT2D eigenvalue weighted by Gasteiger charge is 2.29. The van der Waals surface area contributed by atoms with Crippen LogP contribution >= 0.6 is 0 Å². The van der Waals surface area contributed by atoms with E-state index in [9.17, 15) is 18.0 Å². The van der Waals surface area contributed by atoms with E-state index in [1.54, 1.807) is 24.3 Å². The number of halogens is 3. The molecule has 0 saturated carbocycles. The zero-order valence-corrected chi connectivity index (χ0v) is 17.8. The van der Waals surface area contributed by atoms with E-state index in [0.29, 0.717) is 11.3 Å². The number of carbonyl (C=O) groups excluding carboxylic acids is 1. The van der Waals surface area contributed by atoms with Crippen LogP contribution < -0.4 is 4.74 Å². The van der Waals surface area contributed by atoms with Crippen LogP contribution in [0.1, 0.15) is 29.0 Å². The fourth-order valence-corrected chi connectivity index (χ4v) is 3.27. The second kappa shape index (κ2) is 10.7.